The number of sulfonamides is 1. The van der Waals surface area contributed by atoms with Crippen molar-refractivity contribution >= 4 is 21.7 Å². The fourth-order valence-corrected chi connectivity index (χ4v) is 4.40. The molecule has 0 aromatic heterocycles. The lowest BCUT2D eigenvalue weighted by molar-refractivity contribution is 0.0696. The van der Waals surface area contributed by atoms with Gasteiger partial charge >= 0.3 is 5.97 Å². The lowest BCUT2D eigenvalue weighted by Gasteiger charge is -2.14. The van der Waals surface area contributed by atoms with Crippen LogP contribution in [0.1, 0.15) is 28.8 Å². The highest BCUT2D eigenvalue weighted by Crippen LogP contribution is 2.29. The van der Waals surface area contributed by atoms with Crippen molar-refractivity contribution in [2.45, 2.75) is 30.2 Å². The van der Waals surface area contributed by atoms with Crippen LogP contribution in [0.5, 0.6) is 11.5 Å². The topological polar surface area (TPSA) is 114 Å². The average Bonchev–Trinajstić information content (AvgIpc) is 3.51. The van der Waals surface area contributed by atoms with Gasteiger partial charge in [0.15, 0.2) is 11.5 Å². The minimum atomic E-state index is -3.81. The second kappa shape index (κ2) is 8.71. The van der Waals surface area contributed by atoms with Gasteiger partial charge in [-0.3, -0.25) is 0 Å². The maximum Gasteiger partial charge on any atom is 0.335 e. The van der Waals surface area contributed by atoms with Gasteiger partial charge in [-0.2, -0.15) is 0 Å². The number of ether oxygens (including phenoxy) is 2. The van der Waals surface area contributed by atoms with Crippen LogP contribution < -0.4 is 19.5 Å². The molecule has 3 rings (SSSR count). The molecule has 1 fully saturated rings. The fourth-order valence-electron chi connectivity index (χ4n) is 2.89. The van der Waals surface area contributed by atoms with Crippen molar-refractivity contribution in [1.29, 1.82) is 0 Å². The molecule has 1 aliphatic rings. The first-order valence-electron chi connectivity index (χ1n) is 9.18. The number of methoxy groups -OCH3 is 2. The van der Waals surface area contributed by atoms with E-state index in [9.17, 15) is 18.3 Å². The maximum atomic E-state index is 12.7. The first-order chi connectivity index (χ1) is 13.8. The molecular formula is C20H24N2O6S. The summed E-state index contributed by atoms with van der Waals surface area (Å²) in [5, 5.41) is 12.3. The van der Waals surface area contributed by atoms with Crippen molar-refractivity contribution in [3.05, 3.63) is 47.5 Å². The van der Waals surface area contributed by atoms with Crippen molar-refractivity contribution in [3.63, 3.8) is 0 Å². The summed E-state index contributed by atoms with van der Waals surface area (Å²) in [7, 11) is -0.680. The minimum Gasteiger partial charge on any atom is -0.493 e. The molecule has 0 spiro atoms. The quantitative estimate of drug-likeness (QED) is 0.541. The second-order valence-corrected chi connectivity index (χ2v) is 8.46. The highest BCUT2D eigenvalue weighted by Gasteiger charge is 2.30. The predicted octanol–water partition coefficient (Wildman–Crippen LogP) is 2.50. The molecule has 3 N–H and O–H groups in total. The zero-order valence-corrected chi connectivity index (χ0v) is 17.1. The molecule has 0 amide bonds. The molecule has 0 atom stereocenters. The summed E-state index contributed by atoms with van der Waals surface area (Å²) in [5.74, 6) is 0.0745. The summed E-state index contributed by atoms with van der Waals surface area (Å²) >= 11 is 0. The van der Waals surface area contributed by atoms with Gasteiger partial charge in [-0.1, -0.05) is 6.07 Å². The molecule has 0 aliphatic heterocycles. The van der Waals surface area contributed by atoms with Gasteiger partial charge in [-0.15, -0.1) is 0 Å². The number of aromatic carboxylic acids is 1. The predicted molar refractivity (Wildman–Crippen MR) is 108 cm³/mol. The maximum absolute atomic E-state index is 12.7. The van der Waals surface area contributed by atoms with Crippen LogP contribution in [0.3, 0.4) is 0 Å². The fraction of sp³-hybridized carbons (Fsp3) is 0.350. The molecule has 29 heavy (non-hydrogen) atoms. The highest BCUT2D eigenvalue weighted by atomic mass is 32.2. The smallest absolute Gasteiger partial charge is 0.335 e. The molecule has 1 aliphatic carbocycles. The Labute approximate surface area is 169 Å². The third-order valence-electron chi connectivity index (χ3n) is 4.59. The van der Waals surface area contributed by atoms with Gasteiger partial charge in [0, 0.05) is 12.6 Å². The van der Waals surface area contributed by atoms with Gasteiger partial charge in [0.25, 0.3) is 0 Å². The van der Waals surface area contributed by atoms with E-state index in [0.717, 1.165) is 18.4 Å². The third-order valence-corrected chi connectivity index (χ3v) is 6.15. The minimum absolute atomic E-state index is 0.0587. The summed E-state index contributed by atoms with van der Waals surface area (Å²) in [4.78, 5) is 11.2. The van der Waals surface area contributed by atoms with Crippen LogP contribution in [0.25, 0.3) is 0 Å². The Bertz CT molecular complexity index is 1000. The van der Waals surface area contributed by atoms with E-state index in [-0.39, 0.29) is 16.5 Å². The van der Waals surface area contributed by atoms with Crippen LogP contribution in [-0.2, 0) is 16.4 Å². The first-order valence-corrected chi connectivity index (χ1v) is 10.7. The summed E-state index contributed by atoms with van der Waals surface area (Å²) in [5.41, 5.74) is 1.27. The van der Waals surface area contributed by atoms with Crippen LogP contribution in [0.4, 0.5) is 5.69 Å². The lowest BCUT2D eigenvalue weighted by Crippen LogP contribution is -2.27. The summed E-state index contributed by atoms with van der Waals surface area (Å²) in [6.45, 7) is 0.452. The molecule has 8 nitrogen and oxygen atoms in total. The number of nitrogens with one attached hydrogen (secondary N) is 2. The zero-order valence-electron chi connectivity index (χ0n) is 16.3. The van der Waals surface area contributed by atoms with Crippen LogP contribution in [0.15, 0.2) is 41.3 Å². The van der Waals surface area contributed by atoms with E-state index < -0.39 is 16.0 Å². The lowest BCUT2D eigenvalue weighted by atomic mass is 10.1. The van der Waals surface area contributed by atoms with Crippen LogP contribution in [0.2, 0.25) is 0 Å². The van der Waals surface area contributed by atoms with E-state index in [0.29, 0.717) is 30.2 Å². The molecule has 156 valence electrons. The van der Waals surface area contributed by atoms with E-state index in [1.807, 2.05) is 18.2 Å². The van der Waals surface area contributed by atoms with Gasteiger partial charge in [0.2, 0.25) is 10.0 Å². The van der Waals surface area contributed by atoms with Crippen LogP contribution in [-0.4, -0.2) is 46.3 Å². The van der Waals surface area contributed by atoms with Crippen molar-refractivity contribution in [3.8, 4) is 11.5 Å². The van der Waals surface area contributed by atoms with Gasteiger partial charge in [0.05, 0.1) is 25.5 Å². The molecule has 0 bridgehead atoms. The standard InChI is InChI=1S/C20H24N2O6S/c1-27-17-8-3-13(11-18(17)28-2)9-10-21-16-7-4-14(20(23)24)12-19(16)29(25,26)22-15-5-6-15/h3-4,7-8,11-12,15,21-22H,5-6,9-10H2,1-2H3,(H,23,24). The Morgan fingerprint density at radius 1 is 1.10 bits per heavy atom. The number of rotatable bonds is 10. The number of carbonyl (C=O) groups is 1. The van der Waals surface area contributed by atoms with E-state index in [1.54, 1.807) is 14.2 Å². The monoisotopic (exact) mass is 420 g/mol. The molecule has 0 radical (unpaired) electrons. The second-order valence-electron chi connectivity index (χ2n) is 6.78. The number of carboxylic acid groups (broad SMARTS) is 1. The van der Waals surface area contributed by atoms with Crippen LogP contribution in [0, 0.1) is 0 Å². The number of benzene rings is 2. The number of anilines is 1. The summed E-state index contributed by atoms with van der Waals surface area (Å²) < 4.78 is 38.5. The average molecular weight is 420 g/mol. The first kappa shape index (κ1) is 20.9. The van der Waals surface area contributed by atoms with Crippen molar-refractivity contribution in [1.82, 2.24) is 4.72 Å². The Balaban J connectivity index is 1.77. The zero-order chi connectivity index (χ0) is 21.0. The van der Waals surface area contributed by atoms with Gasteiger partial charge in [-0.25, -0.2) is 17.9 Å². The Hall–Kier alpha value is -2.78. The number of hydrogen-bond donors (Lipinski definition) is 3. The molecule has 2 aromatic rings. The normalized spacial score (nSPS) is 13.7. The Morgan fingerprint density at radius 2 is 1.83 bits per heavy atom. The molecule has 9 heteroatoms. The van der Waals surface area contributed by atoms with Crippen molar-refractivity contribution < 1.29 is 27.8 Å². The van der Waals surface area contributed by atoms with E-state index >= 15 is 0 Å². The van der Waals surface area contributed by atoms with E-state index in [4.69, 9.17) is 9.47 Å². The van der Waals surface area contributed by atoms with Gasteiger partial charge < -0.3 is 19.9 Å². The van der Waals surface area contributed by atoms with E-state index in [2.05, 4.69) is 10.0 Å². The van der Waals surface area contributed by atoms with Crippen LogP contribution >= 0.6 is 0 Å². The number of carboxylic acids is 1. The highest BCUT2D eigenvalue weighted by molar-refractivity contribution is 7.89. The third kappa shape index (κ3) is 5.18. The number of hydrogen-bond acceptors (Lipinski definition) is 6. The molecule has 0 unspecified atom stereocenters. The Morgan fingerprint density at radius 3 is 2.45 bits per heavy atom. The van der Waals surface area contributed by atoms with Crippen molar-refractivity contribution in [2.24, 2.45) is 0 Å². The molecule has 0 heterocycles. The summed E-state index contributed by atoms with van der Waals surface area (Å²) in [6, 6.07) is 9.56. The SMILES string of the molecule is COc1ccc(CCNc2ccc(C(=O)O)cc2S(=O)(=O)NC2CC2)cc1OC. The van der Waals surface area contributed by atoms with Gasteiger partial charge in [0.1, 0.15) is 4.90 Å². The summed E-state index contributed by atoms with van der Waals surface area (Å²) in [6.07, 6.45) is 2.19. The Kier molecular flexibility index (Phi) is 6.29. The molecule has 2 aromatic carbocycles. The largest absolute Gasteiger partial charge is 0.493 e. The molecule has 1 saturated carbocycles. The van der Waals surface area contributed by atoms with E-state index in [1.165, 1.54) is 18.2 Å². The molecular weight excluding hydrogens is 396 g/mol. The van der Waals surface area contributed by atoms with Gasteiger partial charge in [-0.05, 0) is 55.2 Å². The molecule has 0 saturated heterocycles. The van der Waals surface area contributed by atoms with Crippen molar-refractivity contribution in [2.75, 3.05) is 26.1 Å².